The summed E-state index contributed by atoms with van der Waals surface area (Å²) in [4.78, 5) is 17.8. The average Bonchev–Trinajstić information content (AvgIpc) is 3.42. The topological polar surface area (TPSA) is 95.5 Å². The third-order valence-corrected chi connectivity index (χ3v) is 6.76. The van der Waals surface area contributed by atoms with Gasteiger partial charge in [-0.25, -0.2) is 22.9 Å². The van der Waals surface area contributed by atoms with Gasteiger partial charge in [0, 0.05) is 41.4 Å². The average molecular weight is 586 g/mol. The van der Waals surface area contributed by atoms with Crippen molar-refractivity contribution in [3.8, 4) is 16.9 Å². The Morgan fingerprint density at radius 2 is 1.97 bits per heavy atom. The lowest BCUT2D eigenvalue weighted by molar-refractivity contribution is -0.00254. The molecule has 1 atom stereocenters. The van der Waals surface area contributed by atoms with Crippen LogP contribution in [0.25, 0.3) is 11.1 Å². The van der Waals surface area contributed by atoms with E-state index in [0.717, 1.165) is 4.90 Å². The molecule has 0 radical (unpaired) electrons. The number of nitrogen functional groups attached to an aromatic ring is 1. The molecular weight excluding hydrogens is 558 g/mol. The highest BCUT2D eigenvalue weighted by molar-refractivity contribution is 6.36. The first kappa shape index (κ1) is 28.8. The van der Waals surface area contributed by atoms with Gasteiger partial charge in [0.15, 0.2) is 11.6 Å². The number of anilines is 1. The Morgan fingerprint density at radius 3 is 2.69 bits per heavy atom. The maximum Gasteiger partial charge on any atom is 0.410 e. The SMILES string of the molecule is CC(C)(C)OC(=O)N1CC(F)(F)C[C@H]1Cn1cc(-c2cnc(N)c(OCCc3c(Cl)ccc(F)c3Cl)c2)cn1. The molecule has 1 aliphatic heterocycles. The normalized spacial score (nSPS) is 16.9. The highest BCUT2D eigenvalue weighted by atomic mass is 35.5. The number of carbonyl (C=O) groups excluding carboxylic acids is 1. The zero-order valence-electron chi connectivity index (χ0n) is 21.6. The van der Waals surface area contributed by atoms with Crippen molar-refractivity contribution in [2.45, 2.75) is 57.7 Å². The number of aromatic nitrogens is 3. The van der Waals surface area contributed by atoms with E-state index in [4.69, 9.17) is 38.4 Å². The summed E-state index contributed by atoms with van der Waals surface area (Å²) in [5.74, 6) is -3.17. The molecule has 0 spiro atoms. The van der Waals surface area contributed by atoms with Gasteiger partial charge in [-0.2, -0.15) is 5.10 Å². The summed E-state index contributed by atoms with van der Waals surface area (Å²) in [7, 11) is 0. The van der Waals surface area contributed by atoms with Gasteiger partial charge in [-0.05, 0) is 44.5 Å². The molecule has 1 amide bonds. The number of halogens is 5. The van der Waals surface area contributed by atoms with E-state index in [9.17, 15) is 18.0 Å². The van der Waals surface area contributed by atoms with Gasteiger partial charge in [-0.15, -0.1) is 0 Å². The molecule has 1 aromatic carbocycles. The predicted octanol–water partition coefficient (Wildman–Crippen LogP) is 6.24. The highest BCUT2D eigenvalue weighted by Gasteiger charge is 2.48. The van der Waals surface area contributed by atoms with E-state index in [0.29, 0.717) is 21.7 Å². The lowest BCUT2D eigenvalue weighted by atomic mass is 10.1. The van der Waals surface area contributed by atoms with Gasteiger partial charge in [0.25, 0.3) is 5.92 Å². The van der Waals surface area contributed by atoms with Crippen molar-refractivity contribution in [1.29, 1.82) is 0 Å². The van der Waals surface area contributed by atoms with Crippen molar-refractivity contribution < 1.29 is 27.4 Å². The second-order valence-electron chi connectivity index (χ2n) is 10.3. The predicted molar refractivity (Wildman–Crippen MR) is 142 cm³/mol. The molecule has 2 N–H and O–H groups in total. The molecule has 2 aromatic heterocycles. The number of hydrogen-bond acceptors (Lipinski definition) is 6. The van der Waals surface area contributed by atoms with Crippen LogP contribution in [0.3, 0.4) is 0 Å². The van der Waals surface area contributed by atoms with Crippen molar-refractivity contribution in [3.05, 3.63) is 58.2 Å². The number of rotatable bonds is 7. The van der Waals surface area contributed by atoms with Crippen molar-refractivity contribution >= 4 is 35.1 Å². The molecule has 0 bridgehead atoms. The standard InChI is InChI=1S/C26H28Cl2F3N5O3/c1-25(2,3)39-24(37)36-14-26(30,31)9-17(36)13-35-12-16(11-34-35)15-8-21(23(32)33-10-15)38-7-6-18-19(27)4-5-20(29)22(18)28/h4-5,8,10-12,17H,6-7,9,13-14H2,1-3H3,(H2,32,33)/t17-/m0/s1. The first-order valence-electron chi connectivity index (χ1n) is 12.1. The van der Waals surface area contributed by atoms with E-state index < -0.39 is 42.4 Å². The van der Waals surface area contributed by atoms with Crippen molar-refractivity contribution in [3.63, 3.8) is 0 Å². The fourth-order valence-corrected chi connectivity index (χ4v) is 4.77. The molecule has 8 nitrogen and oxygen atoms in total. The summed E-state index contributed by atoms with van der Waals surface area (Å²) in [6.07, 6.45) is 3.68. The number of amides is 1. The molecule has 0 saturated carbocycles. The third kappa shape index (κ3) is 7.07. The fraction of sp³-hybridized carbons (Fsp3) is 0.423. The van der Waals surface area contributed by atoms with E-state index in [2.05, 4.69) is 10.1 Å². The molecule has 1 aliphatic rings. The zero-order chi connectivity index (χ0) is 28.5. The summed E-state index contributed by atoms with van der Waals surface area (Å²) >= 11 is 12.1. The van der Waals surface area contributed by atoms with E-state index in [1.54, 1.807) is 39.2 Å². The Balaban J connectivity index is 1.45. The van der Waals surface area contributed by atoms with Crippen LogP contribution in [0.2, 0.25) is 10.0 Å². The van der Waals surface area contributed by atoms with Crippen molar-refractivity contribution in [2.75, 3.05) is 18.9 Å². The Morgan fingerprint density at radius 1 is 1.23 bits per heavy atom. The number of ether oxygens (including phenoxy) is 2. The van der Waals surface area contributed by atoms with Crippen LogP contribution in [0.1, 0.15) is 32.8 Å². The zero-order valence-corrected chi connectivity index (χ0v) is 23.1. The Labute approximate surface area is 233 Å². The van der Waals surface area contributed by atoms with Crippen LogP contribution in [0, 0.1) is 5.82 Å². The third-order valence-electron chi connectivity index (χ3n) is 6.00. The van der Waals surface area contributed by atoms with Crippen LogP contribution in [-0.2, 0) is 17.7 Å². The Hall–Kier alpha value is -3.18. The van der Waals surface area contributed by atoms with Gasteiger partial charge < -0.3 is 15.2 Å². The Kier molecular flexibility index (Phi) is 8.22. The van der Waals surface area contributed by atoms with E-state index in [-0.39, 0.29) is 36.2 Å². The number of pyridine rings is 1. The molecule has 0 aliphatic carbocycles. The summed E-state index contributed by atoms with van der Waals surface area (Å²) in [6, 6.07) is 3.47. The molecule has 3 heterocycles. The number of likely N-dealkylation sites (tertiary alicyclic amines) is 1. The molecule has 13 heteroatoms. The fourth-order valence-electron chi connectivity index (χ4n) is 4.21. The van der Waals surface area contributed by atoms with Gasteiger partial charge >= 0.3 is 6.09 Å². The summed E-state index contributed by atoms with van der Waals surface area (Å²) in [5, 5.41) is 4.54. The second kappa shape index (κ2) is 11.1. The first-order chi connectivity index (χ1) is 18.2. The maximum atomic E-state index is 14.2. The smallest absolute Gasteiger partial charge is 0.410 e. The number of hydrogen-bond donors (Lipinski definition) is 1. The first-order valence-corrected chi connectivity index (χ1v) is 12.9. The van der Waals surface area contributed by atoms with E-state index >= 15 is 0 Å². The van der Waals surface area contributed by atoms with Gasteiger partial charge in [0.1, 0.15) is 11.4 Å². The number of alkyl halides is 2. The molecular formula is C26H28Cl2F3N5O3. The number of nitrogens with two attached hydrogens (primary N) is 1. The molecule has 1 fully saturated rings. The van der Waals surface area contributed by atoms with Crippen LogP contribution < -0.4 is 10.5 Å². The van der Waals surface area contributed by atoms with E-state index in [1.807, 2.05) is 0 Å². The minimum atomic E-state index is -3.02. The lowest BCUT2D eigenvalue weighted by Gasteiger charge is -2.28. The monoisotopic (exact) mass is 585 g/mol. The summed E-state index contributed by atoms with van der Waals surface area (Å²) < 4.78 is 54.8. The van der Waals surface area contributed by atoms with Crippen molar-refractivity contribution in [1.82, 2.24) is 19.7 Å². The maximum absolute atomic E-state index is 14.2. The molecule has 210 valence electrons. The van der Waals surface area contributed by atoms with Crippen molar-refractivity contribution in [2.24, 2.45) is 0 Å². The van der Waals surface area contributed by atoms with Gasteiger partial charge in [0.05, 0.1) is 37.0 Å². The van der Waals surface area contributed by atoms with E-state index in [1.165, 1.54) is 23.0 Å². The second-order valence-corrected chi connectivity index (χ2v) is 11.1. The molecule has 3 aromatic rings. The number of benzene rings is 1. The van der Waals surface area contributed by atoms with Gasteiger partial charge in [-0.3, -0.25) is 9.58 Å². The highest BCUT2D eigenvalue weighted by Crippen LogP contribution is 2.34. The summed E-state index contributed by atoms with van der Waals surface area (Å²) in [5.41, 5.74) is 6.83. The summed E-state index contributed by atoms with van der Waals surface area (Å²) in [6.45, 7) is 4.48. The number of carbonyl (C=O) groups is 1. The molecule has 0 unspecified atom stereocenters. The minimum Gasteiger partial charge on any atom is -0.489 e. The van der Waals surface area contributed by atoms with Crippen LogP contribution >= 0.6 is 23.2 Å². The molecule has 1 saturated heterocycles. The van der Waals surface area contributed by atoms with Gasteiger partial charge in [-0.1, -0.05) is 23.2 Å². The van der Waals surface area contributed by atoms with Crippen LogP contribution in [-0.4, -0.2) is 56.5 Å². The van der Waals surface area contributed by atoms with Crippen LogP contribution in [0.4, 0.5) is 23.8 Å². The minimum absolute atomic E-state index is 0.0513. The molecule has 39 heavy (non-hydrogen) atoms. The van der Waals surface area contributed by atoms with Crippen LogP contribution in [0.5, 0.6) is 5.75 Å². The lowest BCUT2D eigenvalue weighted by Crippen LogP contribution is -2.42. The molecule has 4 rings (SSSR count). The number of nitrogens with zero attached hydrogens (tertiary/aromatic N) is 4. The quantitative estimate of drug-likeness (QED) is 0.330. The van der Waals surface area contributed by atoms with Gasteiger partial charge in [0.2, 0.25) is 0 Å². The Bertz CT molecular complexity index is 1360. The van der Waals surface area contributed by atoms with Crippen LogP contribution in [0.15, 0.2) is 36.8 Å². The largest absolute Gasteiger partial charge is 0.489 e.